The Morgan fingerprint density at radius 2 is 1.82 bits per heavy atom. The molecule has 28 heavy (non-hydrogen) atoms. The summed E-state index contributed by atoms with van der Waals surface area (Å²) in [4.78, 5) is 3.80. The van der Waals surface area contributed by atoms with Crippen LogP contribution in [0.1, 0.15) is 5.56 Å². The van der Waals surface area contributed by atoms with E-state index in [2.05, 4.69) is 25.6 Å². The van der Waals surface area contributed by atoms with Crippen LogP contribution >= 0.6 is 0 Å². The van der Waals surface area contributed by atoms with Gasteiger partial charge >= 0.3 is 6.18 Å². The number of nitrogens with one attached hydrogen (secondary N) is 1. The van der Waals surface area contributed by atoms with E-state index in [9.17, 15) is 22.0 Å². The third-order valence-electron chi connectivity index (χ3n) is 3.83. The molecule has 4 aromatic rings. The summed E-state index contributed by atoms with van der Waals surface area (Å²) in [5.41, 5.74) is -1.07. The van der Waals surface area contributed by atoms with Gasteiger partial charge in [-0.25, -0.2) is 8.78 Å². The maximum atomic E-state index is 13.8. The first kappa shape index (κ1) is 17.8. The minimum absolute atomic E-state index is 0.00382. The Hall–Kier alpha value is -3.63. The molecule has 11 heteroatoms. The lowest BCUT2D eigenvalue weighted by atomic mass is 10.1. The number of benzene rings is 1. The van der Waals surface area contributed by atoms with Crippen LogP contribution in [-0.2, 0) is 6.18 Å². The van der Waals surface area contributed by atoms with Gasteiger partial charge in [-0.2, -0.15) is 22.8 Å². The van der Waals surface area contributed by atoms with Gasteiger partial charge in [0.1, 0.15) is 11.6 Å². The van der Waals surface area contributed by atoms with E-state index in [1.165, 1.54) is 35.1 Å². The summed E-state index contributed by atoms with van der Waals surface area (Å²) in [5, 5.41) is 14.2. The SMILES string of the molecule is Fc1ccc(Nc2nnc3cc(-c4ncccc4C(F)(F)F)cnn23)c(F)c1. The molecule has 0 aliphatic rings. The van der Waals surface area contributed by atoms with Crippen molar-refractivity contribution >= 4 is 17.3 Å². The zero-order valence-electron chi connectivity index (χ0n) is 13.7. The lowest BCUT2D eigenvalue weighted by Crippen LogP contribution is -2.08. The quantitative estimate of drug-likeness (QED) is 0.529. The topological polar surface area (TPSA) is 68.0 Å². The highest BCUT2D eigenvalue weighted by atomic mass is 19.4. The Labute approximate surface area is 153 Å². The molecule has 0 aliphatic heterocycles. The van der Waals surface area contributed by atoms with E-state index in [0.717, 1.165) is 12.1 Å². The highest BCUT2D eigenvalue weighted by Gasteiger charge is 2.34. The first-order valence-corrected chi connectivity index (χ1v) is 7.79. The number of anilines is 2. The first-order chi connectivity index (χ1) is 13.3. The highest BCUT2D eigenvalue weighted by molar-refractivity contribution is 5.67. The average molecular weight is 392 g/mol. The summed E-state index contributed by atoms with van der Waals surface area (Å²) in [5.74, 6) is -1.59. The summed E-state index contributed by atoms with van der Waals surface area (Å²) in [7, 11) is 0. The van der Waals surface area contributed by atoms with Crippen LogP contribution in [0.4, 0.5) is 33.6 Å². The number of fused-ring (bicyclic) bond motifs is 1. The first-order valence-electron chi connectivity index (χ1n) is 7.79. The van der Waals surface area contributed by atoms with Crippen molar-refractivity contribution in [2.24, 2.45) is 0 Å². The number of rotatable bonds is 3. The fourth-order valence-corrected chi connectivity index (χ4v) is 2.57. The van der Waals surface area contributed by atoms with E-state index in [1.807, 2.05) is 0 Å². The number of pyridine rings is 1. The van der Waals surface area contributed by atoms with Crippen molar-refractivity contribution in [3.05, 3.63) is 66.0 Å². The summed E-state index contributed by atoms with van der Waals surface area (Å²) < 4.78 is 67.5. The van der Waals surface area contributed by atoms with Gasteiger partial charge in [-0.05, 0) is 30.3 Å². The molecule has 3 aromatic heterocycles. The molecular formula is C17H9F5N6. The molecule has 0 saturated carbocycles. The number of aromatic nitrogens is 5. The number of halogens is 5. The van der Waals surface area contributed by atoms with Crippen molar-refractivity contribution in [3.63, 3.8) is 0 Å². The van der Waals surface area contributed by atoms with Crippen molar-refractivity contribution in [2.45, 2.75) is 6.18 Å². The Balaban J connectivity index is 1.73. The van der Waals surface area contributed by atoms with Gasteiger partial charge in [0.15, 0.2) is 5.65 Å². The molecule has 0 atom stereocenters. The van der Waals surface area contributed by atoms with Crippen molar-refractivity contribution < 1.29 is 22.0 Å². The van der Waals surface area contributed by atoms with Crippen LogP contribution in [0.25, 0.3) is 16.9 Å². The molecule has 4 rings (SSSR count). The Kier molecular flexibility index (Phi) is 4.13. The number of hydrogen-bond acceptors (Lipinski definition) is 5. The summed E-state index contributed by atoms with van der Waals surface area (Å²) in [6.45, 7) is 0. The van der Waals surface area contributed by atoms with Crippen LogP contribution in [0.2, 0.25) is 0 Å². The monoisotopic (exact) mass is 392 g/mol. The molecule has 3 heterocycles. The molecule has 0 unspecified atom stereocenters. The van der Waals surface area contributed by atoms with E-state index in [-0.39, 0.29) is 28.5 Å². The van der Waals surface area contributed by atoms with E-state index >= 15 is 0 Å². The fraction of sp³-hybridized carbons (Fsp3) is 0.0588. The van der Waals surface area contributed by atoms with E-state index in [0.29, 0.717) is 6.07 Å². The Morgan fingerprint density at radius 3 is 2.57 bits per heavy atom. The zero-order valence-corrected chi connectivity index (χ0v) is 13.7. The highest BCUT2D eigenvalue weighted by Crippen LogP contribution is 2.35. The van der Waals surface area contributed by atoms with Crippen LogP contribution in [0.15, 0.2) is 48.8 Å². The second kappa shape index (κ2) is 6.51. The zero-order chi connectivity index (χ0) is 19.9. The van der Waals surface area contributed by atoms with E-state index in [4.69, 9.17) is 0 Å². The fourth-order valence-electron chi connectivity index (χ4n) is 2.57. The van der Waals surface area contributed by atoms with Crippen molar-refractivity contribution in [3.8, 4) is 11.3 Å². The Morgan fingerprint density at radius 1 is 1.00 bits per heavy atom. The van der Waals surface area contributed by atoms with Crippen molar-refractivity contribution in [2.75, 3.05) is 5.32 Å². The maximum absolute atomic E-state index is 13.8. The molecule has 0 saturated heterocycles. The van der Waals surface area contributed by atoms with Gasteiger partial charge in [-0.1, -0.05) is 0 Å². The lowest BCUT2D eigenvalue weighted by molar-refractivity contribution is -0.137. The number of alkyl halides is 3. The molecule has 0 fully saturated rings. The van der Waals surface area contributed by atoms with Gasteiger partial charge in [0, 0.05) is 17.8 Å². The second-order valence-corrected chi connectivity index (χ2v) is 5.68. The van der Waals surface area contributed by atoms with Crippen molar-refractivity contribution in [1.82, 2.24) is 24.8 Å². The van der Waals surface area contributed by atoms with Gasteiger partial charge in [0.05, 0.1) is 23.1 Å². The molecular weight excluding hydrogens is 383 g/mol. The molecule has 0 spiro atoms. The minimum atomic E-state index is -4.59. The molecule has 0 bridgehead atoms. The van der Waals surface area contributed by atoms with Crippen LogP contribution in [0.5, 0.6) is 0 Å². The average Bonchev–Trinajstić information content (AvgIpc) is 3.05. The smallest absolute Gasteiger partial charge is 0.320 e. The standard InChI is InChI=1S/C17H9F5N6/c18-10-3-4-13(12(19)7-10)25-16-27-26-14-6-9(8-24-28(14)16)15-11(17(20,21)22)2-1-5-23-15/h1-8H,(H,25,27). The van der Waals surface area contributed by atoms with Crippen LogP contribution in [0, 0.1) is 11.6 Å². The normalized spacial score (nSPS) is 11.8. The van der Waals surface area contributed by atoms with Gasteiger partial charge in [-0.15, -0.1) is 10.2 Å². The van der Waals surface area contributed by atoms with Crippen molar-refractivity contribution in [1.29, 1.82) is 0 Å². The number of nitrogens with zero attached hydrogens (tertiary/aromatic N) is 5. The summed E-state index contributed by atoms with van der Waals surface area (Å²) in [6.07, 6.45) is -2.18. The molecule has 0 aliphatic carbocycles. The van der Waals surface area contributed by atoms with Gasteiger partial charge in [-0.3, -0.25) is 4.98 Å². The molecule has 0 amide bonds. The predicted octanol–water partition coefficient (Wildman–Crippen LogP) is 4.23. The Bertz CT molecular complexity index is 1170. The third kappa shape index (κ3) is 3.21. The van der Waals surface area contributed by atoms with Crippen LogP contribution in [0.3, 0.4) is 0 Å². The number of hydrogen-bond donors (Lipinski definition) is 1. The summed E-state index contributed by atoms with van der Waals surface area (Å²) in [6, 6.07) is 6.35. The largest absolute Gasteiger partial charge is 0.418 e. The minimum Gasteiger partial charge on any atom is -0.320 e. The maximum Gasteiger partial charge on any atom is 0.418 e. The van der Waals surface area contributed by atoms with Crippen LogP contribution in [-0.4, -0.2) is 24.8 Å². The summed E-state index contributed by atoms with van der Waals surface area (Å²) >= 11 is 0. The predicted molar refractivity (Wildman–Crippen MR) is 88.7 cm³/mol. The van der Waals surface area contributed by atoms with E-state index < -0.39 is 23.4 Å². The van der Waals surface area contributed by atoms with Gasteiger partial charge in [0.2, 0.25) is 0 Å². The second-order valence-electron chi connectivity index (χ2n) is 5.68. The van der Waals surface area contributed by atoms with Gasteiger partial charge in [0.25, 0.3) is 5.95 Å². The molecule has 142 valence electrons. The molecule has 1 N–H and O–H groups in total. The lowest BCUT2D eigenvalue weighted by Gasteiger charge is -2.11. The molecule has 1 aromatic carbocycles. The van der Waals surface area contributed by atoms with Crippen LogP contribution < -0.4 is 5.32 Å². The molecule has 0 radical (unpaired) electrons. The van der Waals surface area contributed by atoms with E-state index in [1.54, 1.807) is 0 Å². The third-order valence-corrected chi connectivity index (χ3v) is 3.83. The molecule has 6 nitrogen and oxygen atoms in total. The van der Waals surface area contributed by atoms with Gasteiger partial charge < -0.3 is 5.32 Å².